The molecule has 1 fully saturated rings. The van der Waals surface area contributed by atoms with Gasteiger partial charge in [0, 0.05) is 18.3 Å². The zero-order valence-corrected chi connectivity index (χ0v) is 11.7. The van der Waals surface area contributed by atoms with Crippen LogP contribution in [0, 0.1) is 0 Å². The van der Waals surface area contributed by atoms with E-state index in [4.69, 9.17) is 5.73 Å². The Morgan fingerprint density at radius 3 is 2.89 bits per heavy atom. The van der Waals surface area contributed by atoms with Crippen molar-refractivity contribution < 1.29 is 5.11 Å². The van der Waals surface area contributed by atoms with Crippen molar-refractivity contribution in [1.82, 2.24) is 9.88 Å². The molecule has 1 aromatic rings. The second kappa shape index (κ2) is 6.98. The number of rotatable bonds is 4. The molecule has 3 unspecified atom stereocenters. The van der Waals surface area contributed by atoms with E-state index in [2.05, 4.69) is 9.88 Å². The Hall–Kier alpha value is -0.970. The first-order valence-electron chi connectivity index (χ1n) is 7.27. The lowest BCUT2D eigenvalue weighted by Gasteiger charge is -2.38. The average Bonchev–Trinajstić information content (AvgIpc) is 2.65. The third-order valence-electron chi connectivity index (χ3n) is 3.98. The summed E-state index contributed by atoms with van der Waals surface area (Å²) in [6.45, 7) is 3.22. The summed E-state index contributed by atoms with van der Waals surface area (Å²) in [6.07, 6.45) is 6.46. The highest BCUT2D eigenvalue weighted by Crippen LogP contribution is 2.28. The van der Waals surface area contributed by atoms with Gasteiger partial charge in [0.05, 0.1) is 18.3 Å². The Morgan fingerprint density at radius 1 is 1.42 bits per heavy atom. The van der Waals surface area contributed by atoms with Gasteiger partial charge in [-0.05, 0) is 38.4 Å². The van der Waals surface area contributed by atoms with Crippen LogP contribution in [-0.4, -0.2) is 40.2 Å². The van der Waals surface area contributed by atoms with Gasteiger partial charge >= 0.3 is 0 Å². The molecule has 19 heavy (non-hydrogen) atoms. The SMILES string of the molecule is CC(N)C(c1ccccn1)N1CCCCCC1CO. The van der Waals surface area contributed by atoms with Crippen molar-refractivity contribution in [2.45, 2.75) is 50.7 Å². The summed E-state index contributed by atoms with van der Waals surface area (Å²) in [7, 11) is 0. The second-order valence-corrected chi connectivity index (χ2v) is 5.48. The molecule has 1 aliphatic heterocycles. The number of hydrogen-bond acceptors (Lipinski definition) is 4. The van der Waals surface area contributed by atoms with Crippen LogP contribution in [0.15, 0.2) is 24.4 Å². The van der Waals surface area contributed by atoms with Crippen LogP contribution in [0.2, 0.25) is 0 Å². The molecular formula is C15H25N3O. The van der Waals surface area contributed by atoms with Crippen LogP contribution in [0.4, 0.5) is 0 Å². The first kappa shape index (κ1) is 14.4. The highest BCUT2D eigenvalue weighted by Gasteiger charge is 2.31. The van der Waals surface area contributed by atoms with Crippen molar-refractivity contribution in [2.75, 3.05) is 13.2 Å². The summed E-state index contributed by atoms with van der Waals surface area (Å²) < 4.78 is 0. The normalized spacial score (nSPS) is 24.7. The summed E-state index contributed by atoms with van der Waals surface area (Å²) in [5.41, 5.74) is 7.22. The Bertz CT molecular complexity index is 369. The van der Waals surface area contributed by atoms with Gasteiger partial charge in [0.15, 0.2) is 0 Å². The summed E-state index contributed by atoms with van der Waals surface area (Å²) in [4.78, 5) is 6.83. The fourth-order valence-corrected chi connectivity index (χ4v) is 3.05. The molecule has 3 atom stereocenters. The van der Waals surface area contributed by atoms with E-state index in [1.54, 1.807) is 0 Å². The van der Waals surface area contributed by atoms with Gasteiger partial charge in [-0.15, -0.1) is 0 Å². The summed E-state index contributed by atoms with van der Waals surface area (Å²) >= 11 is 0. The van der Waals surface area contributed by atoms with E-state index in [9.17, 15) is 5.11 Å². The van der Waals surface area contributed by atoms with Crippen LogP contribution < -0.4 is 5.73 Å². The maximum absolute atomic E-state index is 9.66. The number of nitrogens with two attached hydrogens (primary N) is 1. The van der Waals surface area contributed by atoms with Gasteiger partial charge in [-0.2, -0.15) is 0 Å². The minimum absolute atomic E-state index is 0.00190. The summed E-state index contributed by atoms with van der Waals surface area (Å²) in [5, 5.41) is 9.66. The molecule has 4 nitrogen and oxygen atoms in total. The highest BCUT2D eigenvalue weighted by atomic mass is 16.3. The Morgan fingerprint density at radius 2 is 2.26 bits per heavy atom. The lowest BCUT2D eigenvalue weighted by Crippen LogP contribution is -2.46. The van der Waals surface area contributed by atoms with E-state index in [0.717, 1.165) is 18.7 Å². The predicted molar refractivity (Wildman–Crippen MR) is 76.7 cm³/mol. The van der Waals surface area contributed by atoms with Crippen LogP contribution in [0.1, 0.15) is 44.3 Å². The van der Waals surface area contributed by atoms with E-state index in [-0.39, 0.29) is 24.7 Å². The standard InChI is InChI=1S/C15H25N3O/c1-12(16)15(14-8-4-5-9-17-14)18-10-6-2-3-7-13(18)11-19/h4-5,8-9,12-13,15,19H,2-3,6-7,10-11,16H2,1H3. The number of aliphatic hydroxyl groups is 1. The molecule has 2 heterocycles. The van der Waals surface area contributed by atoms with Gasteiger partial charge in [-0.25, -0.2) is 0 Å². The molecule has 1 aromatic heterocycles. The number of aliphatic hydroxyl groups excluding tert-OH is 1. The maximum Gasteiger partial charge on any atom is 0.0674 e. The molecule has 3 N–H and O–H groups in total. The number of hydrogen-bond donors (Lipinski definition) is 2. The van der Waals surface area contributed by atoms with Crippen LogP contribution in [0.3, 0.4) is 0 Å². The Kier molecular flexibility index (Phi) is 5.31. The third kappa shape index (κ3) is 3.53. The van der Waals surface area contributed by atoms with Crippen molar-refractivity contribution in [1.29, 1.82) is 0 Å². The molecule has 1 saturated heterocycles. The lowest BCUT2D eigenvalue weighted by atomic mass is 10.0. The zero-order chi connectivity index (χ0) is 13.7. The van der Waals surface area contributed by atoms with Gasteiger partial charge in [0.25, 0.3) is 0 Å². The van der Waals surface area contributed by atoms with E-state index in [1.807, 2.05) is 31.3 Å². The highest BCUT2D eigenvalue weighted by molar-refractivity contribution is 5.12. The first-order chi connectivity index (χ1) is 9.24. The second-order valence-electron chi connectivity index (χ2n) is 5.48. The van der Waals surface area contributed by atoms with Gasteiger partial charge in [-0.1, -0.05) is 18.9 Å². The van der Waals surface area contributed by atoms with Crippen molar-refractivity contribution in [3.8, 4) is 0 Å². The van der Waals surface area contributed by atoms with Gasteiger partial charge in [0.2, 0.25) is 0 Å². The zero-order valence-electron chi connectivity index (χ0n) is 11.7. The molecule has 1 aliphatic rings. The van der Waals surface area contributed by atoms with Crippen LogP contribution >= 0.6 is 0 Å². The van der Waals surface area contributed by atoms with Gasteiger partial charge < -0.3 is 10.8 Å². The Labute approximate surface area is 115 Å². The fourth-order valence-electron chi connectivity index (χ4n) is 3.05. The molecule has 4 heteroatoms. The minimum Gasteiger partial charge on any atom is -0.395 e. The minimum atomic E-state index is 0.00190. The molecule has 0 bridgehead atoms. The summed E-state index contributed by atoms with van der Waals surface area (Å²) in [5.74, 6) is 0. The van der Waals surface area contributed by atoms with Crippen LogP contribution in [0.5, 0.6) is 0 Å². The van der Waals surface area contributed by atoms with Crippen molar-refractivity contribution in [3.63, 3.8) is 0 Å². The Balaban J connectivity index is 2.26. The fraction of sp³-hybridized carbons (Fsp3) is 0.667. The topological polar surface area (TPSA) is 62.4 Å². The molecule has 0 radical (unpaired) electrons. The van der Waals surface area contributed by atoms with Crippen molar-refractivity contribution in [2.24, 2.45) is 5.73 Å². The average molecular weight is 263 g/mol. The van der Waals surface area contributed by atoms with Gasteiger partial charge in [-0.3, -0.25) is 9.88 Å². The van der Waals surface area contributed by atoms with E-state index < -0.39 is 0 Å². The van der Waals surface area contributed by atoms with Crippen molar-refractivity contribution in [3.05, 3.63) is 30.1 Å². The van der Waals surface area contributed by atoms with Crippen molar-refractivity contribution >= 4 is 0 Å². The van der Waals surface area contributed by atoms with Gasteiger partial charge in [0.1, 0.15) is 0 Å². The number of aromatic nitrogens is 1. The largest absolute Gasteiger partial charge is 0.395 e. The monoisotopic (exact) mass is 263 g/mol. The molecular weight excluding hydrogens is 238 g/mol. The smallest absolute Gasteiger partial charge is 0.0674 e. The van der Waals surface area contributed by atoms with E-state index in [1.165, 1.54) is 19.3 Å². The van der Waals surface area contributed by atoms with E-state index in [0.29, 0.717) is 0 Å². The van der Waals surface area contributed by atoms with Crippen LogP contribution in [0.25, 0.3) is 0 Å². The molecule has 106 valence electrons. The first-order valence-corrected chi connectivity index (χ1v) is 7.27. The molecule has 0 aliphatic carbocycles. The number of pyridine rings is 1. The maximum atomic E-state index is 9.66. The van der Waals surface area contributed by atoms with E-state index >= 15 is 0 Å². The lowest BCUT2D eigenvalue weighted by molar-refractivity contribution is 0.0728. The molecule has 0 spiro atoms. The number of likely N-dealkylation sites (tertiary alicyclic amines) is 1. The third-order valence-corrected chi connectivity index (χ3v) is 3.98. The molecule has 2 rings (SSSR count). The molecule has 0 amide bonds. The summed E-state index contributed by atoms with van der Waals surface area (Å²) in [6, 6.07) is 6.27. The molecule has 0 aromatic carbocycles. The quantitative estimate of drug-likeness (QED) is 0.868. The predicted octanol–water partition coefficient (Wildman–Crippen LogP) is 1.71. The number of nitrogens with zero attached hydrogens (tertiary/aromatic N) is 2. The molecule has 0 saturated carbocycles. The van der Waals surface area contributed by atoms with Crippen LogP contribution in [-0.2, 0) is 0 Å².